The zero-order chi connectivity index (χ0) is 18.9. The molecule has 0 fully saturated rings. The Balaban J connectivity index is 1.80. The first-order chi connectivity index (χ1) is 12.5. The zero-order valence-corrected chi connectivity index (χ0v) is 15.5. The van der Waals surface area contributed by atoms with Crippen molar-refractivity contribution in [1.82, 2.24) is 5.32 Å². The largest absolute Gasteiger partial charge is 0.497 e. The van der Waals surface area contributed by atoms with E-state index in [-0.39, 0.29) is 25.0 Å². The molecule has 2 aromatic rings. The van der Waals surface area contributed by atoms with E-state index in [4.69, 9.17) is 9.47 Å². The summed E-state index contributed by atoms with van der Waals surface area (Å²) in [5, 5.41) is 2.90. The standard InChI is InChI=1S/C21H25NO4/c1-4-19(17-9-5-15(2)6-10-17)22-20(23)14-26-21(24)13-16-7-11-18(25-3)12-8-16/h5-12,19H,4,13-14H2,1-3H3,(H,22,23)/t19-/m1/s1. The molecule has 2 rings (SSSR count). The Bertz CT molecular complexity index is 723. The summed E-state index contributed by atoms with van der Waals surface area (Å²) in [6, 6.07) is 15.1. The molecule has 0 aliphatic carbocycles. The Kier molecular flexibility index (Phi) is 7.21. The number of esters is 1. The molecule has 0 saturated carbocycles. The molecule has 0 aliphatic rings. The summed E-state index contributed by atoms with van der Waals surface area (Å²) in [4.78, 5) is 24.0. The van der Waals surface area contributed by atoms with Gasteiger partial charge < -0.3 is 14.8 Å². The first-order valence-corrected chi connectivity index (χ1v) is 8.66. The molecule has 138 valence electrons. The lowest BCUT2D eigenvalue weighted by Crippen LogP contribution is -2.32. The van der Waals surface area contributed by atoms with E-state index in [9.17, 15) is 9.59 Å². The Hall–Kier alpha value is -2.82. The summed E-state index contributed by atoms with van der Waals surface area (Å²) in [5.41, 5.74) is 3.01. The number of carbonyl (C=O) groups is 2. The highest BCUT2D eigenvalue weighted by Crippen LogP contribution is 2.17. The van der Waals surface area contributed by atoms with Gasteiger partial charge in [-0.2, -0.15) is 0 Å². The maximum Gasteiger partial charge on any atom is 0.310 e. The molecule has 0 heterocycles. The van der Waals surface area contributed by atoms with Gasteiger partial charge in [0.25, 0.3) is 5.91 Å². The molecule has 0 unspecified atom stereocenters. The molecule has 1 amide bonds. The second-order valence-electron chi connectivity index (χ2n) is 6.12. The van der Waals surface area contributed by atoms with Gasteiger partial charge in [-0.3, -0.25) is 9.59 Å². The fraction of sp³-hybridized carbons (Fsp3) is 0.333. The summed E-state index contributed by atoms with van der Waals surface area (Å²) in [7, 11) is 1.59. The van der Waals surface area contributed by atoms with Crippen molar-refractivity contribution in [2.24, 2.45) is 0 Å². The summed E-state index contributed by atoms with van der Waals surface area (Å²) in [6.07, 6.45) is 0.876. The number of carbonyl (C=O) groups excluding carboxylic acids is 2. The number of hydrogen-bond acceptors (Lipinski definition) is 4. The second-order valence-corrected chi connectivity index (χ2v) is 6.12. The molecule has 1 N–H and O–H groups in total. The molecule has 0 spiro atoms. The summed E-state index contributed by atoms with van der Waals surface area (Å²) in [6.45, 7) is 3.74. The number of aryl methyl sites for hydroxylation is 1. The first-order valence-electron chi connectivity index (χ1n) is 8.66. The molecule has 1 atom stereocenters. The topological polar surface area (TPSA) is 64.6 Å². The molecule has 5 heteroatoms. The van der Waals surface area contributed by atoms with Gasteiger partial charge in [-0.05, 0) is 36.6 Å². The third kappa shape index (κ3) is 5.92. The van der Waals surface area contributed by atoms with E-state index in [1.54, 1.807) is 31.4 Å². The minimum Gasteiger partial charge on any atom is -0.497 e. The van der Waals surface area contributed by atoms with Crippen LogP contribution in [0, 0.1) is 6.92 Å². The van der Waals surface area contributed by atoms with Crippen LogP contribution in [0.1, 0.15) is 36.1 Å². The molecule has 0 radical (unpaired) electrons. The first kappa shape index (κ1) is 19.5. The number of amides is 1. The molecule has 0 aliphatic heterocycles. The lowest BCUT2D eigenvalue weighted by molar-refractivity contribution is -0.148. The fourth-order valence-corrected chi connectivity index (χ4v) is 2.56. The Morgan fingerprint density at radius 1 is 1.04 bits per heavy atom. The highest BCUT2D eigenvalue weighted by atomic mass is 16.5. The third-order valence-corrected chi connectivity index (χ3v) is 4.09. The molecule has 0 bridgehead atoms. The normalized spacial score (nSPS) is 11.5. The van der Waals surface area contributed by atoms with Crippen molar-refractivity contribution in [3.05, 3.63) is 65.2 Å². The molecular weight excluding hydrogens is 330 g/mol. The summed E-state index contributed by atoms with van der Waals surface area (Å²) >= 11 is 0. The predicted octanol–water partition coefficient (Wildman–Crippen LogP) is 3.36. The van der Waals surface area contributed by atoms with Crippen LogP contribution in [0.5, 0.6) is 5.75 Å². The van der Waals surface area contributed by atoms with Gasteiger partial charge in [-0.25, -0.2) is 0 Å². The van der Waals surface area contributed by atoms with Gasteiger partial charge >= 0.3 is 5.97 Å². The van der Waals surface area contributed by atoms with Gasteiger partial charge in [0, 0.05) is 0 Å². The number of rotatable bonds is 8. The van der Waals surface area contributed by atoms with Crippen molar-refractivity contribution < 1.29 is 19.1 Å². The number of methoxy groups -OCH3 is 1. The average molecular weight is 355 g/mol. The lowest BCUT2D eigenvalue weighted by atomic mass is 10.0. The van der Waals surface area contributed by atoms with Crippen LogP contribution in [0.3, 0.4) is 0 Å². The van der Waals surface area contributed by atoms with E-state index in [0.29, 0.717) is 0 Å². The number of benzene rings is 2. The molecule has 2 aromatic carbocycles. The van der Waals surface area contributed by atoms with Crippen LogP contribution in [0.2, 0.25) is 0 Å². The van der Waals surface area contributed by atoms with Crippen LogP contribution in [-0.4, -0.2) is 25.6 Å². The maximum absolute atomic E-state index is 12.1. The van der Waals surface area contributed by atoms with Crippen LogP contribution < -0.4 is 10.1 Å². The summed E-state index contributed by atoms with van der Waals surface area (Å²) in [5.74, 6) is -0.0163. The monoisotopic (exact) mass is 355 g/mol. The third-order valence-electron chi connectivity index (χ3n) is 4.09. The van der Waals surface area contributed by atoms with Gasteiger partial charge in [0.2, 0.25) is 0 Å². The van der Waals surface area contributed by atoms with Crippen molar-refractivity contribution in [2.45, 2.75) is 32.7 Å². The minimum absolute atomic E-state index is 0.0941. The molecule has 0 saturated heterocycles. The van der Waals surface area contributed by atoms with Crippen molar-refractivity contribution in [3.8, 4) is 5.75 Å². The minimum atomic E-state index is -0.436. The quantitative estimate of drug-likeness (QED) is 0.738. The van der Waals surface area contributed by atoms with E-state index in [1.807, 2.05) is 38.1 Å². The van der Waals surface area contributed by atoms with E-state index < -0.39 is 5.97 Å². The second kappa shape index (κ2) is 9.61. The van der Waals surface area contributed by atoms with E-state index in [1.165, 1.54) is 5.56 Å². The SMILES string of the molecule is CC[C@@H](NC(=O)COC(=O)Cc1ccc(OC)cc1)c1ccc(C)cc1. The summed E-state index contributed by atoms with van der Waals surface area (Å²) < 4.78 is 10.2. The number of ether oxygens (including phenoxy) is 2. The number of hydrogen-bond donors (Lipinski definition) is 1. The van der Waals surface area contributed by atoms with Crippen LogP contribution in [0.25, 0.3) is 0 Å². The Morgan fingerprint density at radius 3 is 2.27 bits per heavy atom. The van der Waals surface area contributed by atoms with Gasteiger partial charge in [0.15, 0.2) is 6.61 Å². The van der Waals surface area contributed by atoms with Crippen molar-refractivity contribution >= 4 is 11.9 Å². The lowest BCUT2D eigenvalue weighted by Gasteiger charge is -2.17. The van der Waals surface area contributed by atoms with Gasteiger partial charge in [0.1, 0.15) is 5.75 Å². The Morgan fingerprint density at radius 2 is 1.69 bits per heavy atom. The van der Waals surface area contributed by atoms with Gasteiger partial charge in [-0.1, -0.05) is 48.9 Å². The van der Waals surface area contributed by atoms with Gasteiger partial charge in [-0.15, -0.1) is 0 Å². The van der Waals surface area contributed by atoms with Crippen LogP contribution >= 0.6 is 0 Å². The van der Waals surface area contributed by atoms with E-state index >= 15 is 0 Å². The predicted molar refractivity (Wildman–Crippen MR) is 100 cm³/mol. The highest BCUT2D eigenvalue weighted by molar-refractivity contribution is 5.81. The Labute approximate surface area is 154 Å². The van der Waals surface area contributed by atoms with Crippen molar-refractivity contribution in [2.75, 3.05) is 13.7 Å². The van der Waals surface area contributed by atoms with Crippen molar-refractivity contribution in [1.29, 1.82) is 0 Å². The zero-order valence-electron chi connectivity index (χ0n) is 15.5. The molecule has 26 heavy (non-hydrogen) atoms. The van der Waals surface area contributed by atoms with E-state index in [2.05, 4.69) is 5.32 Å². The molecule has 5 nitrogen and oxygen atoms in total. The van der Waals surface area contributed by atoms with Crippen LogP contribution in [0.4, 0.5) is 0 Å². The average Bonchev–Trinajstić information content (AvgIpc) is 2.66. The highest BCUT2D eigenvalue weighted by Gasteiger charge is 2.14. The van der Waals surface area contributed by atoms with Crippen molar-refractivity contribution in [3.63, 3.8) is 0 Å². The van der Waals surface area contributed by atoms with Crippen LogP contribution in [0.15, 0.2) is 48.5 Å². The van der Waals surface area contributed by atoms with E-state index in [0.717, 1.165) is 23.3 Å². The fourth-order valence-electron chi connectivity index (χ4n) is 2.56. The van der Waals surface area contributed by atoms with Gasteiger partial charge in [0.05, 0.1) is 19.6 Å². The molecule has 0 aromatic heterocycles. The van der Waals surface area contributed by atoms with Crippen LogP contribution in [-0.2, 0) is 20.7 Å². The number of nitrogens with one attached hydrogen (secondary N) is 1. The molecular formula is C21H25NO4. The maximum atomic E-state index is 12.1. The smallest absolute Gasteiger partial charge is 0.310 e.